The quantitative estimate of drug-likeness (QED) is 0.347. The van der Waals surface area contributed by atoms with Gasteiger partial charge < -0.3 is 5.32 Å². The van der Waals surface area contributed by atoms with Crippen molar-refractivity contribution in [3.8, 4) is 0 Å². The minimum absolute atomic E-state index is 0.0781. The Labute approximate surface area is 175 Å². The maximum atomic E-state index is 12.6. The van der Waals surface area contributed by atoms with Crippen LogP contribution in [-0.2, 0) is 0 Å². The molecular formula is C18H10Cl4N2OS. The summed E-state index contributed by atoms with van der Waals surface area (Å²) >= 11 is 29.4. The van der Waals surface area contributed by atoms with Crippen LogP contribution in [0.2, 0.25) is 20.1 Å². The van der Waals surface area contributed by atoms with Gasteiger partial charge in [-0.3, -0.25) is 10.1 Å². The topological polar surface area (TPSA) is 41.1 Å². The van der Waals surface area contributed by atoms with Crippen molar-refractivity contribution in [3.63, 3.8) is 0 Å². The fourth-order valence-corrected chi connectivity index (χ4v) is 3.45. The predicted octanol–water partition coefficient (Wildman–Crippen LogP) is 6.58. The van der Waals surface area contributed by atoms with Gasteiger partial charge in [0.25, 0.3) is 5.91 Å². The lowest BCUT2D eigenvalue weighted by molar-refractivity contribution is 0.0979. The minimum Gasteiger partial charge on any atom is -0.331 e. The first kappa shape index (κ1) is 19.2. The summed E-state index contributed by atoms with van der Waals surface area (Å²) in [5, 5.41) is 8.59. The van der Waals surface area contributed by atoms with Gasteiger partial charge in [0.2, 0.25) is 0 Å². The summed E-state index contributed by atoms with van der Waals surface area (Å²) in [6.45, 7) is 0. The van der Waals surface area contributed by atoms with Gasteiger partial charge >= 0.3 is 0 Å². The van der Waals surface area contributed by atoms with Crippen molar-refractivity contribution < 1.29 is 4.79 Å². The largest absolute Gasteiger partial charge is 0.331 e. The molecule has 8 heteroatoms. The first-order chi connectivity index (χ1) is 12.4. The first-order valence-corrected chi connectivity index (χ1v) is 9.23. The van der Waals surface area contributed by atoms with Gasteiger partial charge in [-0.05, 0) is 41.9 Å². The summed E-state index contributed by atoms with van der Waals surface area (Å²) < 4.78 is 0. The molecule has 3 aromatic rings. The fraction of sp³-hybridized carbons (Fsp3) is 0. The van der Waals surface area contributed by atoms with Crippen LogP contribution in [-0.4, -0.2) is 11.0 Å². The van der Waals surface area contributed by atoms with E-state index in [1.807, 2.05) is 12.1 Å². The molecule has 0 aliphatic heterocycles. The lowest BCUT2D eigenvalue weighted by Gasteiger charge is -2.13. The van der Waals surface area contributed by atoms with E-state index < -0.39 is 0 Å². The maximum Gasteiger partial charge on any atom is 0.258 e. The molecular weight excluding hydrogens is 434 g/mol. The smallest absolute Gasteiger partial charge is 0.258 e. The number of carbonyl (C=O) groups excluding carboxylic acids is 1. The van der Waals surface area contributed by atoms with E-state index in [-0.39, 0.29) is 11.0 Å². The molecule has 3 aromatic carbocycles. The highest BCUT2D eigenvalue weighted by Crippen LogP contribution is 2.32. The Kier molecular flexibility index (Phi) is 5.90. The number of thiocarbonyl (C=S) groups is 1. The third-order valence-corrected chi connectivity index (χ3v) is 5.17. The van der Waals surface area contributed by atoms with E-state index in [4.69, 9.17) is 58.6 Å². The van der Waals surface area contributed by atoms with Crippen molar-refractivity contribution in [2.24, 2.45) is 0 Å². The van der Waals surface area contributed by atoms with Gasteiger partial charge in [0.15, 0.2) is 5.11 Å². The summed E-state index contributed by atoms with van der Waals surface area (Å²) in [4.78, 5) is 12.6. The van der Waals surface area contributed by atoms with Crippen molar-refractivity contribution in [2.45, 2.75) is 0 Å². The van der Waals surface area contributed by atoms with Crippen molar-refractivity contribution in [2.75, 3.05) is 5.32 Å². The van der Waals surface area contributed by atoms with Crippen LogP contribution in [0.3, 0.4) is 0 Å². The third-order valence-electron chi connectivity index (χ3n) is 3.60. The van der Waals surface area contributed by atoms with Crippen molar-refractivity contribution in [1.82, 2.24) is 5.32 Å². The summed E-state index contributed by atoms with van der Waals surface area (Å²) in [5.74, 6) is -0.369. The highest BCUT2D eigenvalue weighted by atomic mass is 35.5. The number of rotatable bonds is 2. The van der Waals surface area contributed by atoms with Crippen LogP contribution in [0.15, 0.2) is 48.5 Å². The van der Waals surface area contributed by atoms with Crippen LogP contribution in [0.5, 0.6) is 0 Å². The van der Waals surface area contributed by atoms with Gasteiger partial charge in [0.05, 0.1) is 20.8 Å². The van der Waals surface area contributed by atoms with Crippen molar-refractivity contribution >= 4 is 86.1 Å². The average Bonchev–Trinajstić information content (AvgIpc) is 2.59. The zero-order valence-corrected chi connectivity index (χ0v) is 16.8. The summed E-state index contributed by atoms with van der Waals surface area (Å²) in [7, 11) is 0. The number of nitrogens with one attached hydrogen (secondary N) is 2. The number of fused-ring (bicyclic) bond motifs is 1. The summed E-state index contributed by atoms with van der Waals surface area (Å²) in [6, 6.07) is 13.7. The zero-order valence-electron chi connectivity index (χ0n) is 12.9. The van der Waals surface area contributed by atoms with E-state index in [2.05, 4.69) is 10.6 Å². The Morgan fingerprint density at radius 1 is 0.808 bits per heavy atom. The Bertz CT molecular complexity index is 1040. The van der Waals surface area contributed by atoms with Gasteiger partial charge in [0.1, 0.15) is 0 Å². The monoisotopic (exact) mass is 442 g/mol. The molecule has 3 nitrogen and oxygen atoms in total. The van der Waals surface area contributed by atoms with Crippen LogP contribution in [0, 0.1) is 0 Å². The van der Waals surface area contributed by atoms with Crippen LogP contribution >= 0.6 is 58.6 Å². The minimum atomic E-state index is -0.369. The first-order valence-electron chi connectivity index (χ1n) is 7.31. The molecule has 0 saturated heterocycles. The molecule has 0 spiro atoms. The molecule has 1 amide bonds. The van der Waals surface area contributed by atoms with Crippen LogP contribution < -0.4 is 10.6 Å². The molecule has 0 heterocycles. The predicted molar refractivity (Wildman–Crippen MR) is 114 cm³/mol. The van der Waals surface area contributed by atoms with Crippen molar-refractivity contribution in [1.29, 1.82) is 0 Å². The van der Waals surface area contributed by atoms with Crippen molar-refractivity contribution in [3.05, 3.63) is 74.2 Å². The third kappa shape index (κ3) is 4.05. The molecule has 0 radical (unpaired) electrons. The number of anilines is 1. The van der Waals surface area contributed by atoms with Crippen LogP contribution in [0.1, 0.15) is 10.4 Å². The molecule has 0 aliphatic carbocycles. The number of halogens is 4. The second-order valence-corrected chi connectivity index (χ2v) is 7.33. The lowest BCUT2D eigenvalue weighted by Crippen LogP contribution is -2.34. The second kappa shape index (κ2) is 7.99. The van der Waals surface area contributed by atoms with Gasteiger partial charge in [-0.2, -0.15) is 0 Å². The number of hydrogen-bond acceptors (Lipinski definition) is 2. The van der Waals surface area contributed by atoms with Gasteiger partial charge in [0, 0.05) is 16.0 Å². The highest BCUT2D eigenvalue weighted by Gasteiger charge is 2.14. The molecule has 0 unspecified atom stereocenters. The number of benzene rings is 3. The second-order valence-electron chi connectivity index (χ2n) is 5.29. The molecule has 0 fully saturated rings. The molecule has 3 rings (SSSR count). The molecule has 0 atom stereocenters. The molecule has 26 heavy (non-hydrogen) atoms. The molecule has 2 N–H and O–H groups in total. The van der Waals surface area contributed by atoms with E-state index in [0.29, 0.717) is 31.3 Å². The number of hydrogen-bond donors (Lipinski definition) is 2. The molecule has 0 bridgehead atoms. The Morgan fingerprint density at radius 2 is 1.46 bits per heavy atom. The van der Waals surface area contributed by atoms with Crippen LogP contribution in [0.25, 0.3) is 10.8 Å². The summed E-state index contributed by atoms with van der Waals surface area (Å²) in [6.07, 6.45) is 0. The summed E-state index contributed by atoms with van der Waals surface area (Å²) in [5.41, 5.74) is 0.890. The van der Waals surface area contributed by atoms with Gasteiger partial charge in [-0.1, -0.05) is 70.7 Å². The number of carbonyl (C=O) groups is 1. The maximum absolute atomic E-state index is 12.6. The van der Waals surface area contributed by atoms with Gasteiger partial charge in [-0.15, -0.1) is 0 Å². The molecule has 0 aliphatic rings. The Balaban J connectivity index is 1.82. The molecule has 132 valence electrons. The fourth-order valence-electron chi connectivity index (χ4n) is 2.41. The van der Waals surface area contributed by atoms with E-state index >= 15 is 0 Å². The van der Waals surface area contributed by atoms with E-state index in [0.717, 1.165) is 10.8 Å². The van der Waals surface area contributed by atoms with E-state index in [1.165, 1.54) is 12.1 Å². The lowest BCUT2D eigenvalue weighted by atomic mass is 10.0. The van der Waals surface area contributed by atoms with Crippen LogP contribution in [0.4, 0.5) is 5.69 Å². The van der Waals surface area contributed by atoms with E-state index in [9.17, 15) is 4.79 Å². The van der Waals surface area contributed by atoms with E-state index in [1.54, 1.807) is 24.3 Å². The average molecular weight is 444 g/mol. The normalized spacial score (nSPS) is 10.6. The Hall–Kier alpha value is -1.56. The zero-order chi connectivity index (χ0) is 18.8. The SMILES string of the molecule is O=C(NC(=S)Nc1cc(Cl)c(Cl)cc1Cl)c1cccc2c(Cl)cccc12. The molecule has 0 saturated carbocycles. The van der Waals surface area contributed by atoms with Gasteiger partial charge in [-0.25, -0.2) is 0 Å². The molecule has 0 aromatic heterocycles. The highest BCUT2D eigenvalue weighted by molar-refractivity contribution is 7.80. The standard InChI is InChI=1S/C18H10Cl4N2OS/c19-12-6-2-3-9-10(12)4-1-5-11(9)17(25)24-18(26)23-16-8-14(21)13(20)7-15(16)22/h1-8H,(H2,23,24,25,26). The number of amides is 1. The Morgan fingerprint density at radius 3 is 2.23 bits per heavy atom.